The first kappa shape index (κ1) is 10.6. The number of nitrogens with one attached hydrogen (secondary N) is 1. The molecule has 1 aliphatic carbocycles. The molecule has 1 aromatic carbocycles. The fraction of sp³-hybridized carbons (Fsp3) is 0.400. The molecular weight excluding hydrogens is 217 g/mol. The summed E-state index contributed by atoms with van der Waals surface area (Å²) in [5.74, 6) is -0.323. The maximum atomic E-state index is 13.0. The first-order chi connectivity index (χ1) is 6.96. The number of fused-ring (bicyclic) bond motifs is 1. The van der Waals surface area contributed by atoms with Gasteiger partial charge in [0.1, 0.15) is 5.82 Å². The van der Waals surface area contributed by atoms with E-state index in [1.54, 1.807) is 6.07 Å². The van der Waals surface area contributed by atoms with Gasteiger partial charge in [0.2, 0.25) is 10.0 Å². The third kappa shape index (κ3) is 2.35. The van der Waals surface area contributed by atoms with Gasteiger partial charge in [-0.05, 0) is 36.1 Å². The number of aryl methyl sites for hydroxylation is 1. The molecule has 1 aromatic rings. The van der Waals surface area contributed by atoms with Gasteiger partial charge in [0, 0.05) is 6.04 Å². The number of rotatable bonds is 2. The minimum Gasteiger partial charge on any atom is -0.213 e. The Balaban J connectivity index is 2.32. The van der Waals surface area contributed by atoms with Crippen LogP contribution >= 0.6 is 0 Å². The second-order valence-electron chi connectivity index (χ2n) is 3.82. The summed E-state index contributed by atoms with van der Waals surface area (Å²) in [6, 6.07) is 4.26. The largest absolute Gasteiger partial charge is 0.213 e. The zero-order valence-corrected chi connectivity index (χ0v) is 9.14. The van der Waals surface area contributed by atoms with Crippen LogP contribution < -0.4 is 4.72 Å². The lowest BCUT2D eigenvalue weighted by Gasteiger charge is -2.11. The summed E-state index contributed by atoms with van der Waals surface area (Å²) in [5.41, 5.74) is 1.79. The molecule has 2 rings (SSSR count). The molecule has 0 saturated carbocycles. The van der Waals surface area contributed by atoms with Gasteiger partial charge in [-0.2, -0.15) is 0 Å². The lowest BCUT2D eigenvalue weighted by molar-refractivity contribution is 0.558. The Kier molecular flexibility index (Phi) is 2.52. The highest BCUT2D eigenvalue weighted by Crippen LogP contribution is 2.31. The van der Waals surface area contributed by atoms with Crippen LogP contribution in [0.4, 0.5) is 4.39 Å². The summed E-state index contributed by atoms with van der Waals surface area (Å²) in [7, 11) is -3.24. The lowest BCUT2D eigenvalue weighted by atomic mass is 10.1. The molecule has 0 fully saturated rings. The molecule has 82 valence electrons. The van der Waals surface area contributed by atoms with Gasteiger partial charge in [0.25, 0.3) is 0 Å². The summed E-state index contributed by atoms with van der Waals surface area (Å²) in [4.78, 5) is 0. The highest BCUT2D eigenvalue weighted by atomic mass is 32.2. The maximum Gasteiger partial charge on any atom is 0.209 e. The number of benzene rings is 1. The topological polar surface area (TPSA) is 46.2 Å². The minimum atomic E-state index is -3.24. The van der Waals surface area contributed by atoms with E-state index in [2.05, 4.69) is 4.72 Å². The first-order valence-electron chi connectivity index (χ1n) is 4.71. The molecular formula is C10H12FNO2S. The van der Waals surface area contributed by atoms with Crippen molar-refractivity contribution in [3.63, 3.8) is 0 Å². The van der Waals surface area contributed by atoms with Crippen LogP contribution in [-0.2, 0) is 16.4 Å². The van der Waals surface area contributed by atoms with Gasteiger partial charge in [0.05, 0.1) is 6.26 Å². The molecule has 0 aromatic heterocycles. The third-order valence-electron chi connectivity index (χ3n) is 2.54. The van der Waals surface area contributed by atoms with Crippen LogP contribution in [0, 0.1) is 5.82 Å². The first-order valence-corrected chi connectivity index (χ1v) is 6.60. The fourth-order valence-corrected chi connectivity index (χ4v) is 2.72. The van der Waals surface area contributed by atoms with Crippen molar-refractivity contribution >= 4 is 10.0 Å². The normalized spacial score (nSPS) is 20.3. The van der Waals surface area contributed by atoms with Crippen molar-refractivity contribution in [1.29, 1.82) is 0 Å². The van der Waals surface area contributed by atoms with Gasteiger partial charge in [0.15, 0.2) is 0 Å². The lowest BCUT2D eigenvalue weighted by Crippen LogP contribution is -2.25. The number of hydrogen-bond acceptors (Lipinski definition) is 2. The van der Waals surface area contributed by atoms with Crippen molar-refractivity contribution in [3.8, 4) is 0 Å². The summed E-state index contributed by atoms with van der Waals surface area (Å²) in [6.07, 6.45) is 2.61. The zero-order valence-electron chi connectivity index (χ0n) is 8.33. The molecule has 0 heterocycles. The second-order valence-corrected chi connectivity index (χ2v) is 5.60. The van der Waals surface area contributed by atoms with Crippen molar-refractivity contribution in [2.24, 2.45) is 0 Å². The molecule has 1 aliphatic rings. The minimum absolute atomic E-state index is 0.273. The number of hydrogen-bond donors (Lipinski definition) is 1. The molecule has 5 heteroatoms. The van der Waals surface area contributed by atoms with Gasteiger partial charge in [-0.3, -0.25) is 0 Å². The quantitative estimate of drug-likeness (QED) is 0.832. The van der Waals surface area contributed by atoms with Crippen LogP contribution in [0.1, 0.15) is 23.6 Å². The second kappa shape index (κ2) is 3.57. The van der Waals surface area contributed by atoms with Crippen LogP contribution in [0.2, 0.25) is 0 Å². The highest BCUT2D eigenvalue weighted by Gasteiger charge is 2.25. The highest BCUT2D eigenvalue weighted by molar-refractivity contribution is 7.88. The summed E-state index contributed by atoms with van der Waals surface area (Å²) < 4.78 is 37.7. The van der Waals surface area contributed by atoms with Crippen LogP contribution in [0.15, 0.2) is 18.2 Å². The van der Waals surface area contributed by atoms with E-state index in [0.29, 0.717) is 6.42 Å². The van der Waals surface area contributed by atoms with Crippen LogP contribution in [-0.4, -0.2) is 14.7 Å². The Morgan fingerprint density at radius 3 is 2.87 bits per heavy atom. The Hall–Kier alpha value is -0.940. The number of sulfonamides is 1. The molecule has 0 bridgehead atoms. The Morgan fingerprint density at radius 2 is 2.20 bits per heavy atom. The molecule has 0 spiro atoms. The van der Waals surface area contributed by atoms with E-state index in [4.69, 9.17) is 0 Å². The van der Waals surface area contributed by atoms with Gasteiger partial charge < -0.3 is 0 Å². The molecule has 3 nitrogen and oxygen atoms in total. The van der Waals surface area contributed by atoms with Crippen molar-refractivity contribution in [2.45, 2.75) is 18.9 Å². The smallest absolute Gasteiger partial charge is 0.209 e. The summed E-state index contributed by atoms with van der Waals surface area (Å²) >= 11 is 0. The van der Waals surface area contributed by atoms with Crippen molar-refractivity contribution in [3.05, 3.63) is 35.1 Å². The molecule has 1 atom stereocenters. The number of halogens is 1. The molecule has 1 N–H and O–H groups in total. The SMILES string of the molecule is CS(=O)(=O)N[C@H]1CCc2ccc(F)cc21. The molecule has 0 saturated heterocycles. The van der Waals surface area contributed by atoms with E-state index in [1.807, 2.05) is 0 Å². The van der Waals surface area contributed by atoms with Crippen molar-refractivity contribution < 1.29 is 12.8 Å². The van der Waals surface area contributed by atoms with Gasteiger partial charge in [-0.25, -0.2) is 17.5 Å². The summed E-state index contributed by atoms with van der Waals surface area (Å²) in [5, 5.41) is 0. The predicted octanol–water partition coefficient (Wildman–Crippen LogP) is 1.36. The van der Waals surface area contributed by atoms with E-state index >= 15 is 0 Å². The van der Waals surface area contributed by atoms with Gasteiger partial charge in [-0.1, -0.05) is 6.07 Å². The Bertz CT molecular complexity index is 484. The van der Waals surface area contributed by atoms with E-state index < -0.39 is 10.0 Å². The maximum absolute atomic E-state index is 13.0. The zero-order chi connectivity index (χ0) is 11.1. The third-order valence-corrected chi connectivity index (χ3v) is 3.25. The fourth-order valence-electron chi connectivity index (χ4n) is 1.95. The molecule has 15 heavy (non-hydrogen) atoms. The van der Waals surface area contributed by atoms with Crippen molar-refractivity contribution in [2.75, 3.05) is 6.26 Å². The molecule has 0 amide bonds. The molecule has 0 unspecified atom stereocenters. The Morgan fingerprint density at radius 1 is 1.47 bits per heavy atom. The van der Waals surface area contributed by atoms with E-state index in [1.165, 1.54) is 12.1 Å². The van der Waals surface area contributed by atoms with Crippen LogP contribution in [0.25, 0.3) is 0 Å². The van der Waals surface area contributed by atoms with E-state index in [9.17, 15) is 12.8 Å². The standard InChI is InChI=1S/C10H12FNO2S/c1-15(13,14)12-10-5-3-7-2-4-8(11)6-9(7)10/h2,4,6,10,12H,3,5H2,1H3/t10-/m0/s1. The van der Waals surface area contributed by atoms with Crippen LogP contribution in [0.3, 0.4) is 0 Å². The van der Waals surface area contributed by atoms with Crippen LogP contribution in [0.5, 0.6) is 0 Å². The predicted molar refractivity (Wildman–Crippen MR) is 55.4 cm³/mol. The monoisotopic (exact) mass is 229 g/mol. The van der Waals surface area contributed by atoms with Gasteiger partial charge in [-0.15, -0.1) is 0 Å². The molecule has 0 radical (unpaired) electrons. The van der Waals surface area contributed by atoms with E-state index in [-0.39, 0.29) is 11.9 Å². The molecule has 0 aliphatic heterocycles. The average molecular weight is 229 g/mol. The Labute approximate surface area is 88.4 Å². The van der Waals surface area contributed by atoms with Crippen molar-refractivity contribution in [1.82, 2.24) is 4.72 Å². The summed E-state index contributed by atoms with van der Waals surface area (Å²) in [6.45, 7) is 0. The average Bonchev–Trinajstić information content (AvgIpc) is 2.46. The van der Waals surface area contributed by atoms with E-state index in [0.717, 1.165) is 23.8 Å². The van der Waals surface area contributed by atoms with Gasteiger partial charge >= 0.3 is 0 Å².